The number of rotatable bonds is 2. The number of β-amino-alcohol motifs (C(OH)–C–C–N with tert-alkyl or cyclic N) is 1. The molecule has 0 saturated carbocycles. The van der Waals surface area contributed by atoms with E-state index in [1.807, 2.05) is 41.5 Å². The molecule has 0 aromatic carbocycles. The Morgan fingerprint density at radius 3 is 2.32 bits per heavy atom. The van der Waals surface area contributed by atoms with Gasteiger partial charge < -0.3 is 20.5 Å². The number of aliphatic hydroxyl groups is 1. The molecule has 0 aromatic rings. The van der Waals surface area contributed by atoms with Gasteiger partial charge >= 0.3 is 6.09 Å². The van der Waals surface area contributed by atoms with Crippen LogP contribution in [0.1, 0.15) is 48.0 Å². The Morgan fingerprint density at radius 2 is 1.89 bits per heavy atom. The van der Waals surface area contributed by atoms with E-state index >= 15 is 0 Å². The number of ether oxygens (including phenoxy) is 1. The molecular weight excluding hydrogens is 244 g/mol. The molecule has 0 aliphatic carbocycles. The van der Waals surface area contributed by atoms with Gasteiger partial charge in [-0.2, -0.15) is 0 Å². The highest BCUT2D eigenvalue weighted by atomic mass is 16.6. The summed E-state index contributed by atoms with van der Waals surface area (Å²) in [7, 11) is 0. The Morgan fingerprint density at radius 1 is 1.37 bits per heavy atom. The SMILES string of the molecule is CC(C)C(C)(N)C1(O)CCN(C(=O)OC(C)(C)C)C1. The summed E-state index contributed by atoms with van der Waals surface area (Å²) in [6.45, 7) is 12.0. The zero-order valence-electron chi connectivity index (χ0n) is 13.0. The van der Waals surface area contributed by atoms with Gasteiger partial charge in [0.25, 0.3) is 0 Å². The molecule has 2 atom stereocenters. The molecule has 0 radical (unpaired) electrons. The molecule has 19 heavy (non-hydrogen) atoms. The normalized spacial score (nSPS) is 27.5. The van der Waals surface area contributed by atoms with Crippen molar-refractivity contribution in [3.8, 4) is 0 Å². The molecule has 1 saturated heterocycles. The van der Waals surface area contributed by atoms with E-state index in [-0.39, 0.29) is 18.6 Å². The number of nitrogens with two attached hydrogens (primary N) is 1. The molecule has 1 heterocycles. The number of hydrogen-bond acceptors (Lipinski definition) is 4. The Labute approximate surface area is 116 Å². The maximum atomic E-state index is 12.0. The standard InChI is InChI=1S/C14H28N2O3/c1-10(2)13(6,15)14(18)7-8-16(9-14)11(17)19-12(3,4)5/h10,18H,7-9,15H2,1-6H3. The molecular formula is C14H28N2O3. The van der Waals surface area contributed by atoms with Crippen LogP contribution in [0.5, 0.6) is 0 Å². The highest BCUT2D eigenvalue weighted by Gasteiger charge is 2.51. The van der Waals surface area contributed by atoms with Gasteiger partial charge in [0, 0.05) is 12.1 Å². The molecule has 5 nitrogen and oxygen atoms in total. The van der Waals surface area contributed by atoms with E-state index in [9.17, 15) is 9.90 Å². The number of amides is 1. The van der Waals surface area contributed by atoms with E-state index < -0.39 is 16.7 Å². The zero-order valence-corrected chi connectivity index (χ0v) is 13.0. The van der Waals surface area contributed by atoms with Crippen molar-refractivity contribution in [3.05, 3.63) is 0 Å². The lowest BCUT2D eigenvalue weighted by atomic mass is 9.73. The van der Waals surface area contributed by atoms with Gasteiger partial charge in [0.05, 0.1) is 6.54 Å². The molecule has 2 unspecified atom stereocenters. The second kappa shape index (κ2) is 4.94. The summed E-state index contributed by atoms with van der Waals surface area (Å²) in [4.78, 5) is 13.5. The molecule has 0 spiro atoms. The van der Waals surface area contributed by atoms with E-state index in [1.165, 1.54) is 0 Å². The summed E-state index contributed by atoms with van der Waals surface area (Å²) >= 11 is 0. The van der Waals surface area contributed by atoms with Gasteiger partial charge in [-0.25, -0.2) is 4.79 Å². The Kier molecular flexibility index (Phi) is 4.23. The van der Waals surface area contributed by atoms with Crippen LogP contribution in [-0.4, -0.2) is 45.9 Å². The Hall–Kier alpha value is -0.810. The lowest BCUT2D eigenvalue weighted by molar-refractivity contribution is -0.0412. The van der Waals surface area contributed by atoms with Crippen LogP contribution in [0.4, 0.5) is 4.79 Å². The predicted molar refractivity (Wildman–Crippen MR) is 74.8 cm³/mol. The Bertz CT molecular complexity index is 347. The molecule has 1 aliphatic heterocycles. The molecule has 1 aliphatic rings. The largest absolute Gasteiger partial charge is 0.444 e. The van der Waals surface area contributed by atoms with Crippen molar-refractivity contribution in [1.29, 1.82) is 0 Å². The third-order valence-electron chi connectivity index (χ3n) is 4.10. The topological polar surface area (TPSA) is 75.8 Å². The number of nitrogens with zero attached hydrogens (tertiary/aromatic N) is 1. The molecule has 112 valence electrons. The van der Waals surface area contributed by atoms with E-state index in [1.54, 1.807) is 4.90 Å². The fraction of sp³-hybridized carbons (Fsp3) is 0.929. The van der Waals surface area contributed by atoms with Gasteiger partial charge in [0.2, 0.25) is 0 Å². The molecule has 1 amide bonds. The summed E-state index contributed by atoms with van der Waals surface area (Å²) in [6, 6.07) is 0. The minimum absolute atomic E-state index is 0.121. The van der Waals surface area contributed by atoms with Crippen molar-refractivity contribution in [2.45, 2.75) is 64.7 Å². The van der Waals surface area contributed by atoms with Crippen LogP contribution in [0.15, 0.2) is 0 Å². The average molecular weight is 272 g/mol. The van der Waals surface area contributed by atoms with Crippen molar-refractivity contribution in [2.24, 2.45) is 11.7 Å². The zero-order chi connectivity index (χ0) is 15.1. The highest BCUT2D eigenvalue weighted by Crippen LogP contribution is 2.35. The molecule has 5 heteroatoms. The van der Waals surface area contributed by atoms with Gasteiger partial charge in [-0.05, 0) is 40.0 Å². The molecule has 1 fully saturated rings. The summed E-state index contributed by atoms with van der Waals surface area (Å²) in [5.41, 5.74) is 3.94. The van der Waals surface area contributed by atoms with Crippen LogP contribution >= 0.6 is 0 Å². The quantitative estimate of drug-likeness (QED) is 0.802. The maximum Gasteiger partial charge on any atom is 0.410 e. The first-order valence-corrected chi connectivity index (χ1v) is 6.88. The van der Waals surface area contributed by atoms with Gasteiger partial charge in [0.15, 0.2) is 0 Å². The first-order valence-electron chi connectivity index (χ1n) is 6.88. The van der Waals surface area contributed by atoms with Crippen LogP contribution in [0.2, 0.25) is 0 Å². The summed E-state index contributed by atoms with van der Waals surface area (Å²) in [5.74, 6) is 0.121. The average Bonchev–Trinajstić information content (AvgIpc) is 2.59. The van der Waals surface area contributed by atoms with Crippen LogP contribution < -0.4 is 5.73 Å². The predicted octanol–water partition coefficient (Wildman–Crippen LogP) is 1.73. The third-order valence-corrected chi connectivity index (χ3v) is 4.10. The first-order chi connectivity index (χ1) is 8.39. The fourth-order valence-corrected chi connectivity index (χ4v) is 2.25. The van der Waals surface area contributed by atoms with E-state index in [2.05, 4.69) is 0 Å². The minimum atomic E-state index is -1.06. The summed E-state index contributed by atoms with van der Waals surface area (Å²) < 4.78 is 5.32. The van der Waals surface area contributed by atoms with Crippen LogP contribution in [-0.2, 0) is 4.74 Å². The van der Waals surface area contributed by atoms with Crippen LogP contribution in [0.3, 0.4) is 0 Å². The van der Waals surface area contributed by atoms with E-state index in [4.69, 9.17) is 10.5 Å². The van der Waals surface area contributed by atoms with Crippen molar-refractivity contribution in [1.82, 2.24) is 4.90 Å². The van der Waals surface area contributed by atoms with Gasteiger partial charge in [0.1, 0.15) is 11.2 Å². The van der Waals surface area contributed by atoms with Gasteiger partial charge in [-0.1, -0.05) is 13.8 Å². The lowest BCUT2D eigenvalue weighted by Gasteiger charge is -2.42. The monoisotopic (exact) mass is 272 g/mol. The smallest absolute Gasteiger partial charge is 0.410 e. The molecule has 0 aromatic heterocycles. The summed E-state index contributed by atoms with van der Waals surface area (Å²) in [5, 5.41) is 10.7. The maximum absolute atomic E-state index is 12.0. The lowest BCUT2D eigenvalue weighted by Crippen LogP contribution is -2.63. The Balaban J connectivity index is 2.75. The summed E-state index contributed by atoms with van der Waals surface area (Å²) in [6.07, 6.45) is 0.0974. The molecule has 0 bridgehead atoms. The second-order valence-electron chi connectivity index (χ2n) is 7.12. The van der Waals surface area contributed by atoms with Crippen molar-refractivity contribution < 1.29 is 14.6 Å². The third kappa shape index (κ3) is 3.39. The van der Waals surface area contributed by atoms with Crippen LogP contribution in [0.25, 0.3) is 0 Å². The minimum Gasteiger partial charge on any atom is -0.444 e. The second-order valence-corrected chi connectivity index (χ2v) is 7.12. The van der Waals surface area contributed by atoms with Gasteiger partial charge in [-0.3, -0.25) is 0 Å². The number of carbonyl (C=O) groups excluding carboxylic acids is 1. The highest BCUT2D eigenvalue weighted by molar-refractivity contribution is 5.68. The van der Waals surface area contributed by atoms with E-state index in [0.717, 1.165) is 0 Å². The van der Waals surface area contributed by atoms with Gasteiger partial charge in [-0.15, -0.1) is 0 Å². The number of hydrogen-bond donors (Lipinski definition) is 2. The van der Waals surface area contributed by atoms with E-state index in [0.29, 0.717) is 13.0 Å². The molecule has 1 rings (SSSR count). The number of carbonyl (C=O) groups is 1. The van der Waals surface area contributed by atoms with Crippen molar-refractivity contribution in [2.75, 3.05) is 13.1 Å². The fourth-order valence-electron chi connectivity index (χ4n) is 2.25. The first kappa shape index (κ1) is 16.2. The van der Waals surface area contributed by atoms with Crippen LogP contribution in [0, 0.1) is 5.92 Å². The van der Waals surface area contributed by atoms with Crippen molar-refractivity contribution in [3.63, 3.8) is 0 Å². The molecule has 3 N–H and O–H groups in total. The van der Waals surface area contributed by atoms with Crippen molar-refractivity contribution >= 4 is 6.09 Å². The number of likely N-dealkylation sites (tertiary alicyclic amines) is 1.